The molecule has 2 N–H and O–H groups in total. The number of hydrogen-bond donors (Lipinski definition) is 2. The first-order valence-corrected chi connectivity index (χ1v) is 8.57. The summed E-state index contributed by atoms with van der Waals surface area (Å²) in [7, 11) is -4.48. The maximum absolute atomic E-state index is 11.6. The molecule has 0 radical (unpaired) electrons. The molecule has 0 heterocycles. The summed E-state index contributed by atoms with van der Waals surface area (Å²) in [6.07, 6.45) is 0.434. The van der Waals surface area contributed by atoms with Gasteiger partial charge in [0.15, 0.2) is 0 Å². The first-order valence-electron chi connectivity index (χ1n) is 7.16. The molecule has 0 spiro atoms. The minimum absolute atomic E-state index is 0.0318. The zero-order chi connectivity index (χ0) is 18.4. The van der Waals surface area contributed by atoms with Crippen molar-refractivity contribution in [3.63, 3.8) is 0 Å². The molecule has 9 heteroatoms. The van der Waals surface area contributed by atoms with Gasteiger partial charge in [-0.1, -0.05) is 12.1 Å². The van der Waals surface area contributed by atoms with E-state index in [1.807, 2.05) is 0 Å². The lowest BCUT2D eigenvalue weighted by Gasteiger charge is -2.18. The number of anilines is 1. The van der Waals surface area contributed by atoms with Crippen molar-refractivity contribution in [1.82, 2.24) is 0 Å². The summed E-state index contributed by atoms with van der Waals surface area (Å²) < 4.78 is 32.5. The number of aryl methyl sites for hydroxylation is 1. The lowest BCUT2D eigenvalue weighted by Crippen LogP contribution is -2.30. The van der Waals surface area contributed by atoms with Crippen molar-refractivity contribution in [2.45, 2.75) is 39.2 Å². The van der Waals surface area contributed by atoms with Gasteiger partial charge < -0.3 is 15.2 Å². The number of benzene rings is 1. The zero-order valence-corrected chi connectivity index (χ0v) is 14.6. The van der Waals surface area contributed by atoms with Gasteiger partial charge in [0, 0.05) is 12.1 Å². The van der Waals surface area contributed by atoms with Crippen molar-refractivity contribution < 1.29 is 32.0 Å². The molecule has 0 fully saturated rings. The number of carbonyl (C=O) groups excluding carboxylic acids is 1. The van der Waals surface area contributed by atoms with Gasteiger partial charge in [-0.2, -0.15) is 8.42 Å². The maximum atomic E-state index is 11.6. The fraction of sp³-hybridized carbons (Fsp3) is 0.467. The largest absolute Gasteiger partial charge is 0.481 e. The molecule has 0 bridgehead atoms. The Balaban J connectivity index is 2.49. The highest BCUT2D eigenvalue weighted by atomic mass is 32.2. The lowest BCUT2D eigenvalue weighted by molar-refractivity contribution is -0.136. The van der Waals surface area contributed by atoms with Gasteiger partial charge in [-0.3, -0.25) is 4.79 Å². The van der Waals surface area contributed by atoms with Crippen molar-refractivity contribution in [3.05, 3.63) is 29.8 Å². The molecule has 0 aliphatic heterocycles. The molecule has 0 amide bonds. The van der Waals surface area contributed by atoms with Gasteiger partial charge in [-0.25, -0.2) is 8.98 Å². The third kappa shape index (κ3) is 7.42. The summed E-state index contributed by atoms with van der Waals surface area (Å²) in [6, 6.07) is 6.74. The molecular weight excluding hydrogens is 338 g/mol. The van der Waals surface area contributed by atoms with E-state index in [0.29, 0.717) is 12.1 Å². The van der Waals surface area contributed by atoms with E-state index in [4.69, 9.17) is 9.84 Å². The molecule has 0 saturated carbocycles. The monoisotopic (exact) mass is 359 g/mol. The Bertz CT molecular complexity index is 675. The van der Waals surface area contributed by atoms with Crippen LogP contribution in [0.3, 0.4) is 0 Å². The Kier molecular flexibility index (Phi) is 6.73. The highest BCUT2D eigenvalue weighted by Gasteiger charge is 2.29. The number of nitrogens with one attached hydrogen (secondary N) is 1. The quantitative estimate of drug-likeness (QED) is 0.432. The van der Waals surface area contributed by atoms with E-state index in [1.54, 1.807) is 45.0 Å². The summed E-state index contributed by atoms with van der Waals surface area (Å²) >= 11 is 0. The smallest absolute Gasteiger partial charge is 0.452 e. The molecule has 0 unspecified atom stereocenters. The molecular formula is C15H21NO7S. The van der Waals surface area contributed by atoms with Gasteiger partial charge >= 0.3 is 21.4 Å². The van der Waals surface area contributed by atoms with Gasteiger partial charge in [0.25, 0.3) is 0 Å². The Hall–Kier alpha value is -2.13. The molecule has 134 valence electrons. The van der Waals surface area contributed by atoms with E-state index in [1.165, 1.54) is 0 Å². The topological polar surface area (TPSA) is 119 Å². The summed E-state index contributed by atoms with van der Waals surface area (Å²) in [5, 5.41) is 9.86. The molecule has 24 heavy (non-hydrogen) atoms. The molecule has 0 aliphatic rings. The van der Waals surface area contributed by atoms with Crippen LogP contribution in [0.2, 0.25) is 0 Å². The number of carboxylic acid groups (broad SMARTS) is 1. The molecule has 1 aromatic rings. The van der Waals surface area contributed by atoms with Gasteiger partial charge in [0.05, 0.1) is 0 Å². The van der Waals surface area contributed by atoms with Crippen molar-refractivity contribution in [2.24, 2.45) is 0 Å². The third-order valence-electron chi connectivity index (χ3n) is 2.67. The van der Waals surface area contributed by atoms with Crippen LogP contribution in [0.15, 0.2) is 24.3 Å². The third-order valence-corrected chi connectivity index (χ3v) is 3.59. The molecule has 8 nitrogen and oxygen atoms in total. The number of aliphatic carboxylic acids is 1. The number of carboxylic acids is 1. The average molecular weight is 359 g/mol. The predicted molar refractivity (Wildman–Crippen MR) is 87.1 cm³/mol. The second kappa shape index (κ2) is 8.11. The van der Waals surface area contributed by atoms with Crippen LogP contribution in [0.5, 0.6) is 0 Å². The van der Waals surface area contributed by atoms with E-state index in [-0.39, 0.29) is 6.42 Å². The van der Waals surface area contributed by atoms with Crippen molar-refractivity contribution in [1.29, 1.82) is 0 Å². The first-order chi connectivity index (χ1) is 11.0. The summed E-state index contributed by atoms with van der Waals surface area (Å²) in [4.78, 5) is 22.0. The molecule has 1 aromatic carbocycles. The number of carbonyl (C=O) groups is 2. The van der Waals surface area contributed by atoms with Crippen molar-refractivity contribution >= 4 is 27.1 Å². The van der Waals surface area contributed by atoms with Crippen LogP contribution in [0.25, 0.3) is 0 Å². The van der Waals surface area contributed by atoms with E-state index >= 15 is 0 Å². The van der Waals surface area contributed by atoms with E-state index < -0.39 is 33.7 Å². The Morgan fingerprint density at radius 3 is 2.25 bits per heavy atom. The van der Waals surface area contributed by atoms with Gasteiger partial charge in [-0.05, 0) is 44.9 Å². The fourth-order valence-corrected chi connectivity index (χ4v) is 2.24. The number of hydrogen-bond acceptors (Lipinski definition) is 7. The Morgan fingerprint density at radius 1 is 1.17 bits per heavy atom. The molecule has 1 rings (SSSR count). The lowest BCUT2D eigenvalue weighted by atomic mass is 10.1. The summed E-state index contributed by atoms with van der Waals surface area (Å²) in [5.41, 5.74) is 0.464. The van der Waals surface area contributed by atoms with Gasteiger partial charge in [0.1, 0.15) is 12.3 Å². The molecule has 0 aliphatic carbocycles. The second-order valence-electron chi connectivity index (χ2n) is 5.95. The predicted octanol–water partition coefficient (Wildman–Crippen LogP) is 2.35. The number of ether oxygens (including phenoxy) is 1. The summed E-state index contributed by atoms with van der Waals surface area (Å²) in [6.45, 7) is 4.20. The Morgan fingerprint density at radius 2 is 1.75 bits per heavy atom. The van der Waals surface area contributed by atoms with Crippen LogP contribution in [-0.4, -0.2) is 37.1 Å². The molecule has 0 saturated heterocycles. The average Bonchev–Trinajstić information content (AvgIpc) is 2.44. The zero-order valence-electron chi connectivity index (χ0n) is 13.7. The fourth-order valence-electron chi connectivity index (χ4n) is 1.58. The molecule has 0 atom stereocenters. The van der Waals surface area contributed by atoms with E-state index in [2.05, 4.69) is 9.50 Å². The van der Waals surface area contributed by atoms with Gasteiger partial charge in [-0.15, -0.1) is 0 Å². The van der Waals surface area contributed by atoms with Crippen LogP contribution in [0, 0.1) is 0 Å². The number of rotatable bonds is 7. The molecule has 0 aromatic heterocycles. The maximum Gasteiger partial charge on any atom is 0.452 e. The highest BCUT2D eigenvalue weighted by molar-refractivity contribution is 8.01. The van der Waals surface area contributed by atoms with Crippen LogP contribution in [0.1, 0.15) is 32.8 Å². The van der Waals surface area contributed by atoms with Crippen molar-refractivity contribution in [3.8, 4) is 0 Å². The second-order valence-corrected chi connectivity index (χ2v) is 7.43. The summed E-state index contributed by atoms with van der Waals surface area (Å²) in [5.74, 6) is -0.877. The van der Waals surface area contributed by atoms with Crippen LogP contribution in [-0.2, 0) is 30.3 Å². The van der Waals surface area contributed by atoms with Gasteiger partial charge in [0.2, 0.25) is 0 Å². The van der Waals surface area contributed by atoms with Crippen LogP contribution in [0.4, 0.5) is 10.5 Å². The van der Waals surface area contributed by atoms with E-state index in [9.17, 15) is 18.0 Å². The minimum atomic E-state index is -4.48. The first kappa shape index (κ1) is 19.9. The SMILES string of the molecule is CC(C)(C)OC(=O)S(=O)(=O)OCNc1ccc(CCC(=O)O)cc1. The minimum Gasteiger partial charge on any atom is -0.481 e. The Labute approximate surface area is 140 Å². The highest BCUT2D eigenvalue weighted by Crippen LogP contribution is 2.13. The van der Waals surface area contributed by atoms with Crippen LogP contribution < -0.4 is 5.32 Å². The normalized spacial score (nSPS) is 11.8. The van der Waals surface area contributed by atoms with Crippen molar-refractivity contribution in [2.75, 3.05) is 12.0 Å². The standard InChI is InChI=1S/C15H21NO7S/c1-15(2,3)23-14(19)24(20,21)22-10-16-12-7-4-11(5-8-12)6-9-13(17)18/h4-5,7-8,16H,6,9-10H2,1-3H3,(H,17,18). The van der Waals surface area contributed by atoms with Crippen LogP contribution >= 0.6 is 0 Å². The van der Waals surface area contributed by atoms with E-state index in [0.717, 1.165) is 5.56 Å².